The molecule has 0 heterocycles. The number of carboxylic acid groups (broad SMARTS) is 1. The van der Waals surface area contributed by atoms with Gasteiger partial charge in [-0.25, -0.2) is 4.79 Å². The molecular formula is C16H32N2O3. The summed E-state index contributed by atoms with van der Waals surface area (Å²) in [6, 6.07) is -0.770. The van der Waals surface area contributed by atoms with Crippen LogP contribution in [0.15, 0.2) is 0 Å². The first kappa shape index (κ1) is 19.9. The van der Waals surface area contributed by atoms with E-state index in [9.17, 15) is 9.59 Å². The summed E-state index contributed by atoms with van der Waals surface area (Å²) < 4.78 is 0. The maximum Gasteiger partial charge on any atom is 0.326 e. The summed E-state index contributed by atoms with van der Waals surface area (Å²) in [6.07, 6.45) is 10.5. The Morgan fingerprint density at radius 2 is 1.62 bits per heavy atom. The van der Waals surface area contributed by atoms with Gasteiger partial charge in [-0.3, -0.25) is 4.79 Å². The van der Waals surface area contributed by atoms with Crippen LogP contribution < -0.4 is 11.1 Å². The Morgan fingerprint density at radius 3 is 2.19 bits per heavy atom. The average Bonchev–Trinajstić information content (AvgIpc) is 2.45. The minimum absolute atomic E-state index is 0.149. The molecule has 0 spiro atoms. The van der Waals surface area contributed by atoms with E-state index in [1.807, 2.05) is 0 Å². The quantitative estimate of drug-likeness (QED) is 0.430. The molecule has 0 aromatic carbocycles. The van der Waals surface area contributed by atoms with E-state index < -0.39 is 12.0 Å². The van der Waals surface area contributed by atoms with Crippen LogP contribution in [0.5, 0.6) is 0 Å². The Labute approximate surface area is 128 Å². The highest BCUT2D eigenvalue weighted by Gasteiger charge is 2.18. The minimum Gasteiger partial charge on any atom is -0.480 e. The summed E-state index contributed by atoms with van der Waals surface area (Å²) in [5.41, 5.74) is 5.38. The third-order valence-electron chi connectivity index (χ3n) is 3.59. The summed E-state index contributed by atoms with van der Waals surface area (Å²) in [7, 11) is 0. The van der Waals surface area contributed by atoms with E-state index in [0.717, 1.165) is 32.1 Å². The molecule has 0 aliphatic heterocycles. The van der Waals surface area contributed by atoms with E-state index in [1.54, 1.807) is 0 Å². The predicted molar refractivity (Wildman–Crippen MR) is 85.1 cm³/mol. The van der Waals surface area contributed by atoms with Crippen LogP contribution in [0.1, 0.15) is 77.6 Å². The SMILES string of the molecule is CCCCCCCCCC(=O)N[C@@H](CCCCN)C(=O)O. The molecule has 5 nitrogen and oxygen atoms in total. The number of nitrogens with one attached hydrogen (secondary N) is 1. The number of carboxylic acids is 1. The van der Waals surface area contributed by atoms with Crippen LogP contribution in [0.4, 0.5) is 0 Å². The standard InChI is InChI=1S/C16H32N2O3/c1-2-3-4-5-6-7-8-12-15(19)18-14(16(20)21)11-9-10-13-17/h14H,2-13,17H2,1H3,(H,18,19)(H,20,21)/t14-/m0/s1. The summed E-state index contributed by atoms with van der Waals surface area (Å²) in [5, 5.41) is 11.7. The number of carbonyl (C=O) groups is 2. The maximum absolute atomic E-state index is 11.7. The molecule has 0 aromatic heterocycles. The van der Waals surface area contributed by atoms with Gasteiger partial charge < -0.3 is 16.2 Å². The summed E-state index contributed by atoms with van der Waals surface area (Å²) in [4.78, 5) is 22.8. The molecule has 5 heteroatoms. The summed E-state index contributed by atoms with van der Waals surface area (Å²) in [5.74, 6) is -1.11. The van der Waals surface area contributed by atoms with Crippen molar-refractivity contribution in [2.24, 2.45) is 5.73 Å². The van der Waals surface area contributed by atoms with Crippen LogP contribution >= 0.6 is 0 Å². The van der Waals surface area contributed by atoms with Crippen molar-refractivity contribution in [1.29, 1.82) is 0 Å². The molecule has 0 unspecified atom stereocenters. The molecule has 0 aliphatic carbocycles. The van der Waals surface area contributed by atoms with Gasteiger partial charge in [-0.15, -0.1) is 0 Å². The molecule has 0 aliphatic rings. The normalized spacial score (nSPS) is 12.1. The van der Waals surface area contributed by atoms with Crippen molar-refractivity contribution in [1.82, 2.24) is 5.32 Å². The van der Waals surface area contributed by atoms with Crippen molar-refractivity contribution in [3.05, 3.63) is 0 Å². The largest absolute Gasteiger partial charge is 0.480 e. The van der Waals surface area contributed by atoms with Gasteiger partial charge in [-0.1, -0.05) is 45.4 Å². The molecule has 21 heavy (non-hydrogen) atoms. The van der Waals surface area contributed by atoms with E-state index in [4.69, 9.17) is 10.8 Å². The van der Waals surface area contributed by atoms with Gasteiger partial charge in [0.05, 0.1) is 0 Å². The fourth-order valence-corrected chi connectivity index (χ4v) is 2.26. The third-order valence-corrected chi connectivity index (χ3v) is 3.59. The number of hydrogen-bond acceptors (Lipinski definition) is 3. The molecule has 1 atom stereocenters. The molecule has 0 radical (unpaired) electrons. The molecule has 0 aromatic rings. The van der Waals surface area contributed by atoms with Gasteiger partial charge in [-0.05, 0) is 32.2 Å². The van der Waals surface area contributed by atoms with Crippen LogP contribution in [0, 0.1) is 0 Å². The minimum atomic E-state index is -0.958. The molecule has 1 amide bonds. The van der Waals surface area contributed by atoms with Crippen LogP contribution in [0.3, 0.4) is 0 Å². The second-order valence-electron chi connectivity index (χ2n) is 5.61. The second kappa shape index (κ2) is 13.9. The zero-order valence-corrected chi connectivity index (χ0v) is 13.4. The van der Waals surface area contributed by atoms with Gasteiger partial charge >= 0.3 is 5.97 Å². The summed E-state index contributed by atoms with van der Waals surface area (Å²) in [6.45, 7) is 2.75. The van der Waals surface area contributed by atoms with Gasteiger partial charge in [-0.2, -0.15) is 0 Å². The maximum atomic E-state index is 11.7. The zero-order valence-electron chi connectivity index (χ0n) is 13.4. The van der Waals surface area contributed by atoms with Crippen molar-refractivity contribution < 1.29 is 14.7 Å². The van der Waals surface area contributed by atoms with Crippen molar-refractivity contribution in [2.75, 3.05) is 6.54 Å². The van der Waals surface area contributed by atoms with Crippen molar-refractivity contribution in [3.8, 4) is 0 Å². The third kappa shape index (κ3) is 12.4. The van der Waals surface area contributed by atoms with E-state index in [-0.39, 0.29) is 5.91 Å². The summed E-state index contributed by atoms with van der Waals surface area (Å²) >= 11 is 0. The van der Waals surface area contributed by atoms with E-state index >= 15 is 0 Å². The molecule has 0 saturated heterocycles. The highest BCUT2D eigenvalue weighted by molar-refractivity contribution is 5.83. The van der Waals surface area contributed by atoms with E-state index in [0.29, 0.717) is 19.4 Å². The molecule has 0 bridgehead atoms. The lowest BCUT2D eigenvalue weighted by molar-refractivity contribution is -0.142. The predicted octanol–water partition coefficient (Wildman–Crippen LogP) is 2.83. The Bertz CT molecular complexity index is 283. The van der Waals surface area contributed by atoms with Crippen molar-refractivity contribution in [3.63, 3.8) is 0 Å². The average molecular weight is 300 g/mol. The first-order valence-electron chi connectivity index (χ1n) is 8.34. The van der Waals surface area contributed by atoms with Gasteiger partial charge in [0.2, 0.25) is 5.91 Å². The number of unbranched alkanes of at least 4 members (excludes halogenated alkanes) is 7. The highest BCUT2D eigenvalue weighted by Crippen LogP contribution is 2.09. The van der Waals surface area contributed by atoms with Gasteiger partial charge in [0, 0.05) is 6.42 Å². The Hall–Kier alpha value is -1.10. The van der Waals surface area contributed by atoms with E-state index in [2.05, 4.69) is 12.2 Å². The number of nitrogens with two attached hydrogens (primary N) is 1. The molecular weight excluding hydrogens is 268 g/mol. The molecule has 0 fully saturated rings. The molecule has 124 valence electrons. The number of carbonyl (C=O) groups excluding carboxylic acids is 1. The number of aliphatic carboxylic acids is 1. The van der Waals surface area contributed by atoms with Crippen LogP contribution in [-0.4, -0.2) is 29.6 Å². The lowest BCUT2D eigenvalue weighted by atomic mass is 10.1. The second-order valence-corrected chi connectivity index (χ2v) is 5.61. The number of amides is 1. The Morgan fingerprint density at radius 1 is 1.00 bits per heavy atom. The zero-order chi connectivity index (χ0) is 15.9. The van der Waals surface area contributed by atoms with Crippen LogP contribution in [0.2, 0.25) is 0 Å². The topological polar surface area (TPSA) is 92.4 Å². The highest BCUT2D eigenvalue weighted by atomic mass is 16.4. The van der Waals surface area contributed by atoms with Gasteiger partial charge in [0.1, 0.15) is 6.04 Å². The monoisotopic (exact) mass is 300 g/mol. The van der Waals surface area contributed by atoms with Crippen molar-refractivity contribution in [2.45, 2.75) is 83.6 Å². The number of rotatable bonds is 14. The lowest BCUT2D eigenvalue weighted by Gasteiger charge is -2.14. The first-order valence-corrected chi connectivity index (χ1v) is 8.34. The first-order chi connectivity index (χ1) is 10.1. The van der Waals surface area contributed by atoms with E-state index in [1.165, 1.54) is 25.7 Å². The van der Waals surface area contributed by atoms with Crippen LogP contribution in [0.25, 0.3) is 0 Å². The smallest absolute Gasteiger partial charge is 0.326 e. The Kier molecular flexibility index (Phi) is 13.1. The molecule has 0 rings (SSSR count). The lowest BCUT2D eigenvalue weighted by Crippen LogP contribution is -2.40. The molecule has 0 saturated carbocycles. The van der Waals surface area contributed by atoms with Crippen molar-refractivity contribution >= 4 is 11.9 Å². The fraction of sp³-hybridized carbons (Fsp3) is 0.875. The van der Waals surface area contributed by atoms with Gasteiger partial charge in [0.15, 0.2) is 0 Å². The van der Waals surface area contributed by atoms with Gasteiger partial charge in [0.25, 0.3) is 0 Å². The Balaban J connectivity index is 3.70. The number of hydrogen-bond donors (Lipinski definition) is 3. The molecule has 4 N–H and O–H groups in total. The van der Waals surface area contributed by atoms with Crippen LogP contribution in [-0.2, 0) is 9.59 Å². The fourth-order valence-electron chi connectivity index (χ4n) is 2.26.